The van der Waals surface area contributed by atoms with Gasteiger partial charge in [-0.25, -0.2) is 4.98 Å². The van der Waals surface area contributed by atoms with Crippen molar-refractivity contribution in [3.8, 4) is 6.07 Å². The normalized spacial score (nSPS) is 13.9. The number of hydrogen-bond donors (Lipinski definition) is 3. The molecule has 2 amide bonds. The van der Waals surface area contributed by atoms with Gasteiger partial charge in [0.05, 0.1) is 46.7 Å². The van der Waals surface area contributed by atoms with Crippen molar-refractivity contribution in [1.82, 2.24) is 9.97 Å². The van der Waals surface area contributed by atoms with Crippen molar-refractivity contribution in [1.29, 1.82) is 5.26 Å². The van der Waals surface area contributed by atoms with E-state index in [1.54, 1.807) is 43.5 Å². The van der Waals surface area contributed by atoms with Crippen molar-refractivity contribution in [2.24, 2.45) is 0 Å². The molecule has 9 heteroatoms. The maximum absolute atomic E-state index is 13.0. The van der Waals surface area contributed by atoms with E-state index in [1.165, 1.54) is 6.20 Å². The third kappa shape index (κ3) is 6.72. The van der Waals surface area contributed by atoms with Crippen molar-refractivity contribution < 1.29 is 14.3 Å². The van der Waals surface area contributed by atoms with Crippen LogP contribution >= 0.6 is 0 Å². The largest absolute Gasteiger partial charge is 0.381 e. The number of nitrogens with one attached hydrogen (secondary N) is 3. The van der Waals surface area contributed by atoms with Crippen LogP contribution in [0.3, 0.4) is 0 Å². The van der Waals surface area contributed by atoms with Gasteiger partial charge in [0.2, 0.25) is 0 Å². The summed E-state index contributed by atoms with van der Waals surface area (Å²) in [5.74, 6) is -0.00601. The zero-order valence-corrected chi connectivity index (χ0v) is 22.1. The predicted octanol–water partition coefficient (Wildman–Crippen LogP) is 5.05. The van der Waals surface area contributed by atoms with Crippen molar-refractivity contribution in [3.63, 3.8) is 0 Å². The Morgan fingerprint density at radius 3 is 2.34 bits per heavy atom. The molecule has 1 aromatic carbocycles. The van der Waals surface area contributed by atoms with E-state index in [0.717, 1.165) is 37.4 Å². The maximum atomic E-state index is 13.0. The maximum Gasteiger partial charge on any atom is 0.257 e. The van der Waals surface area contributed by atoms with Gasteiger partial charge in [-0.1, -0.05) is 20.8 Å². The quantitative estimate of drug-likeness (QED) is 0.421. The second kappa shape index (κ2) is 11.4. The zero-order chi connectivity index (χ0) is 27.3. The van der Waals surface area contributed by atoms with Crippen LogP contribution in [-0.4, -0.2) is 41.0 Å². The first-order valence-electron chi connectivity index (χ1n) is 12.6. The molecule has 0 aliphatic carbocycles. The molecule has 0 bridgehead atoms. The Bertz CT molecular complexity index is 1370. The van der Waals surface area contributed by atoms with Crippen LogP contribution in [0.15, 0.2) is 48.8 Å². The summed E-state index contributed by atoms with van der Waals surface area (Å²) >= 11 is 0. The lowest BCUT2D eigenvalue weighted by Gasteiger charge is -2.23. The molecule has 0 atom stereocenters. The van der Waals surface area contributed by atoms with Crippen LogP contribution in [0.4, 0.5) is 17.2 Å². The molecule has 0 spiro atoms. The number of nitriles is 1. The van der Waals surface area contributed by atoms with Crippen LogP contribution in [-0.2, 0) is 10.2 Å². The minimum atomic E-state index is -0.388. The van der Waals surface area contributed by atoms with Gasteiger partial charge in [-0.05, 0) is 67.1 Å². The first-order valence-corrected chi connectivity index (χ1v) is 12.6. The molecule has 3 N–H and O–H groups in total. The highest BCUT2D eigenvalue weighted by Crippen LogP contribution is 2.25. The fourth-order valence-electron chi connectivity index (χ4n) is 4.09. The van der Waals surface area contributed by atoms with Crippen molar-refractivity contribution in [3.05, 3.63) is 76.7 Å². The molecule has 1 aliphatic rings. The third-order valence-electron chi connectivity index (χ3n) is 6.37. The number of carbonyl (C=O) groups is 2. The summed E-state index contributed by atoms with van der Waals surface area (Å²) in [7, 11) is 0. The number of pyridine rings is 2. The molecule has 1 saturated heterocycles. The van der Waals surface area contributed by atoms with Crippen LogP contribution < -0.4 is 16.0 Å². The molecule has 38 heavy (non-hydrogen) atoms. The van der Waals surface area contributed by atoms with Crippen LogP contribution in [0.5, 0.6) is 0 Å². The molecule has 4 rings (SSSR count). The summed E-state index contributed by atoms with van der Waals surface area (Å²) in [5, 5.41) is 18.4. The van der Waals surface area contributed by atoms with Gasteiger partial charge >= 0.3 is 0 Å². The number of ether oxygens (including phenoxy) is 1. The molecule has 1 aliphatic heterocycles. The summed E-state index contributed by atoms with van der Waals surface area (Å²) in [6.07, 6.45) is 4.96. The fourth-order valence-corrected chi connectivity index (χ4v) is 4.09. The molecular formula is C29H32N6O3. The standard InChI is InChI=1S/C29H32N6O3/c1-18-25(28(37)34-23-5-6-26(32-16-23)33-22-7-9-38-10-8-22)14-24(17-31-18)35-27(36)20-11-19(15-30)12-21(13-20)29(2,3)4/h5-6,11-14,16-17,22H,7-10H2,1-4H3,(H,32,33)(H,34,37)(H,35,36). The van der Waals surface area contributed by atoms with Crippen molar-refractivity contribution >= 4 is 29.0 Å². The van der Waals surface area contributed by atoms with E-state index in [1.807, 2.05) is 26.8 Å². The van der Waals surface area contributed by atoms with Gasteiger partial charge in [0.1, 0.15) is 5.82 Å². The van der Waals surface area contributed by atoms with Gasteiger partial charge < -0.3 is 20.7 Å². The number of rotatable bonds is 6. The van der Waals surface area contributed by atoms with Crippen LogP contribution in [0.25, 0.3) is 0 Å². The summed E-state index contributed by atoms with van der Waals surface area (Å²) in [5.41, 5.74) is 3.19. The SMILES string of the molecule is Cc1ncc(NC(=O)c2cc(C#N)cc(C(C)(C)C)c2)cc1C(=O)Nc1ccc(NC2CCOCC2)nc1. The molecule has 9 nitrogen and oxygen atoms in total. The minimum absolute atomic E-state index is 0.230. The summed E-state index contributed by atoms with van der Waals surface area (Å²) < 4.78 is 5.38. The number of benzene rings is 1. The number of anilines is 3. The van der Waals surface area contributed by atoms with Gasteiger partial charge in [0.15, 0.2) is 0 Å². The summed E-state index contributed by atoms with van der Waals surface area (Å²) in [4.78, 5) is 34.8. The van der Waals surface area contributed by atoms with Crippen molar-refractivity contribution in [2.75, 3.05) is 29.2 Å². The molecule has 0 saturated carbocycles. The average Bonchev–Trinajstić information content (AvgIpc) is 2.90. The fraction of sp³-hybridized carbons (Fsp3) is 0.345. The lowest BCUT2D eigenvalue weighted by atomic mass is 9.85. The van der Waals surface area contributed by atoms with E-state index in [4.69, 9.17) is 4.74 Å². The number of nitrogens with zero attached hydrogens (tertiary/aromatic N) is 3. The van der Waals surface area contributed by atoms with Gasteiger partial charge in [0.25, 0.3) is 11.8 Å². The van der Waals surface area contributed by atoms with Crippen LogP contribution in [0.1, 0.15) is 71.1 Å². The van der Waals surface area contributed by atoms with Gasteiger partial charge in [-0.2, -0.15) is 5.26 Å². The second-order valence-electron chi connectivity index (χ2n) is 10.4. The Labute approximate surface area is 222 Å². The van der Waals surface area contributed by atoms with E-state index in [2.05, 4.69) is 32.0 Å². The van der Waals surface area contributed by atoms with Gasteiger partial charge in [-0.3, -0.25) is 14.6 Å². The molecular weight excluding hydrogens is 480 g/mol. The van der Waals surface area contributed by atoms with Gasteiger partial charge in [0, 0.05) is 24.8 Å². The number of carbonyl (C=O) groups excluding carboxylic acids is 2. The Hall–Kier alpha value is -4.29. The Morgan fingerprint density at radius 2 is 1.68 bits per heavy atom. The molecule has 1 fully saturated rings. The minimum Gasteiger partial charge on any atom is -0.381 e. The van der Waals surface area contributed by atoms with Crippen molar-refractivity contribution in [2.45, 2.75) is 52.0 Å². The number of hydrogen-bond acceptors (Lipinski definition) is 7. The third-order valence-corrected chi connectivity index (χ3v) is 6.37. The molecule has 3 aromatic rings. The zero-order valence-electron chi connectivity index (χ0n) is 22.1. The highest BCUT2D eigenvalue weighted by Gasteiger charge is 2.19. The highest BCUT2D eigenvalue weighted by atomic mass is 16.5. The summed E-state index contributed by atoms with van der Waals surface area (Å²) in [6.45, 7) is 9.26. The number of aryl methyl sites for hydroxylation is 1. The monoisotopic (exact) mass is 512 g/mol. The van der Waals surface area contributed by atoms with Crippen LogP contribution in [0, 0.1) is 18.3 Å². The molecule has 2 aromatic heterocycles. The second-order valence-corrected chi connectivity index (χ2v) is 10.4. The number of aromatic nitrogens is 2. The molecule has 0 radical (unpaired) electrons. The Morgan fingerprint density at radius 1 is 0.974 bits per heavy atom. The Balaban J connectivity index is 1.45. The first-order chi connectivity index (χ1) is 18.1. The first kappa shape index (κ1) is 26.8. The van der Waals surface area contributed by atoms with Crippen LogP contribution in [0.2, 0.25) is 0 Å². The summed E-state index contributed by atoms with van der Waals surface area (Å²) in [6, 6.07) is 12.8. The average molecular weight is 513 g/mol. The highest BCUT2D eigenvalue weighted by molar-refractivity contribution is 6.07. The van der Waals surface area contributed by atoms with E-state index in [0.29, 0.717) is 39.8 Å². The number of amides is 2. The Kier molecular flexibility index (Phi) is 8.03. The lowest BCUT2D eigenvalue weighted by Crippen LogP contribution is -2.28. The van der Waals surface area contributed by atoms with Gasteiger partial charge in [-0.15, -0.1) is 0 Å². The van der Waals surface area contributed by atoms with E-state index in [-0.39, 0.29) is 17.2 Å². The molecule has 3 heterocycles. The molecule has 196 valence electrons. The van der Waals surface area contributed by atoms with E-state index >= 15 is 0 Å². The topological polar surface area (TPSA) is 129 Å². The lowest BCUT2D eigenvalue weighted by molar-refractivity contribution is 0.0903. The smallest absolute Gasteiger partial charge is 0.257 e. The van der Waals surface area contributed by atoms with E-state index in [9.17, 15) is 14.9 Å². The van der Waals surface area contributed by atoms with E-state index < -0.39 is 0 Å². The molecule has 0 unspecified atom stereocenters. The predicted molar refractivity (Wildman–Crippen MR) is 146 cm³/mol.